The van der Waals surface area contributed by atoms with Gasteiger partial charge in [0.1, 0.15) is 10.6 Å². The first-order chi connectivity index (χ1) is 14.3. The largest absolute Gasteiger partial charge is 0.492 e. The van der Waals surface area contributed by atoms with Gasteiger partial charge in [-0.25, -0.2) is 8.42 Å². The fraction of sp³-hybridized carbons (Fsp3) is 0.409. The standard InChI is InChI=1S/C22H27ClN2O4S/c1-3-29-20-9-8-19(23)14-21(20)30(27,28)25-12-10-18(11-13-25)22(26)24-15-17-6-4-16(2)5-7-17/h4-9,14,18H,3,10-13,15H2,1-2H3,(H,24,26). The molecule has 1 aliphatic heterocycles. The Kier molecular flexibility index (Phi) is 7.39. The van der Waals surface area contributed by atoms with Crippen molar-refractivity contribution in [3.63, 3.8) is 0 Å². The second kappa shape index (κ2) is 9.81. The predicted octanol–water partition coefficient (Wildman–Crippen LogP) is 3.76. The van der Waals surface area contributed by atoms with Crippen molar-refractivity contribution >= 4 is 27.5 Å². The zero-order valence-electron chi connectivity index (χ0n) is 17.2. The van der Waals surface area contributed by atoms with E-state index in [2.05, 4.69) is 5.32 Å². The fourth-order valence-corrected chi connectivity index (χ4v) is 5.36. The fourth-order valence-electron chi connectivity index (χ4n) is 3.50. The van der Waals surface area contributed by atoms with Gasteiger partial charge in [-0.3, -0.25) is 4.79 Å². The van der Waals surface area contributed by atoms with Gasteiger partial charge in [-0.2, -0.15) is 4.31 Å². The van der Waals surface area contributed by atoms with Gasteiger partial charge in [0.15, 0.2) is 0 Å². The highest BCUT2D eigenvalue weighted by Gasteiger charge is 2.33. The minimum atomic E-state index is -3.75. The second-order valence-corrected chi connectivity index (χ2v) is 9.75. The maximum atomic E-state index is 13.1. The summed E-state index contributed by atoms with van der Waals surface area (Å²) in [5, 5.41) is 3.30. The van der Waals surface area contributed by atoms with E-state index in [-0.39, 0.29) is 29.8 Å². The van der Waals surface area contributed by atoms with Crippen LogP contribution in [0.1, 0.15) is 30.9 Å². The Morgan fingerprint density at radius 2 is 1.83 bits per heavy atom. The molecule has 1 fully saturated rings. The normalized spacial score (nSPS) is 15.7. The first-order valence-corrected chi connectivity index (χ1v) is 11.9. The molecule has 0 atom stereocenters. The number of benzene rings is 2. The third kappa shape index (κ3) is 5.33. The van der Waals surface area contributed by atoms with Gasteiger partial charge in [-0.1, -0.05) is 41.4 Å². The molecule has 0 aromatic heterocycles. The Labute approximate surface area is 183 Å². The average Bonchev–Trinajstić information content (AvgIpc) is 2.74. The lowest BCUT2D eigenvalue weighted by Gasteiger charge is -2.31. The maximum absolute atomic E-state index is 13.1. The number of carbonyl (C=O) groups excluding carboxylic acids is 1. The molecule has 2 aromatic rings. The van der Waals surface area contributed by atoms with Crippen LogP contribution in [0.3, 0.4) is 0 Å². The molecule has 0 aliphatic carbocycles. The van der Waals surface area contributed by atoms with Gasteiger partial charge < -0.3 is 10.1 Å². The highest BCUT2D eigenvalue weighted by Crippen LogP contribution is 2.32. The number of halogens is 1. The summed E-state index contributed by atoms with van der Waals surface area (Å²) in [5.41, 5.74) is 2.21. The number of hydrogen-bond acceptors (Lipinski definition) is 4. The topological polar surface area (TPSA) is 75.7 Å². The molecule has 0 spiro atoms. The number of aryl methyl sites for hydroxylation is 1. The van der Waals surface area contributed by atoms with Gasteiger partial charge in [-0.15, -0.1) is 0 Å². The Hall–Kier alpha value is -2.09. The van der Waals surface area contributed by atoms with E-state index in [0.717, 1.165) is 5.56 Å². The van der Waals surface area contributed by atoms with Crippen LogP contribution in [0.2, 0.25) is 5.02 Å². The van der Waals surface area contributed by atoms with Crippen LogP contribution in [-0.4, -0.2) is 38.3 Å². The molecule has 1 heterocycles. The van der Waals surface area contributed by atoms with E-state index < -0.39 is 10.0 Å². The third-order valence-electron chi connectivity index (χ3n) is 5.24. The number of piperidine rings is 1. The molecule has 0 radical (unpaired) electrons. The van der Waals surface area contributed by atoms with Crippen molar-refractivity contribution in [2.75, 3.05) is 19.7 Å². The van der Waals surface area contributed by atoms with Gasteiger partial charge in [0.2, 0.25) is 15.9 Å². The Bertz CT molecular complexity index is 985. The monoisotopic (exact) mass is 450 g/mol. The first-order valence-electron chi connectivity index (χ1n) is 10.1. The van der Waals surface area contributed by atoms with Crippen LogP contribution in [0.25, 0.3) is 0 Å². The maximum Gasteiger partial charge on any atom is 0.246 e. The molecule has 1 N–H and O–H groups in total. The van der Waals surface area contributed by atoms with Gasteiger partial charge in [0.25, 0.3) is 0 Å². The van der Waals surface area contributed by atoms with E-state index in [1.54, 1.807) is 19.1 Å². The van der Waals surface area contributed by atoms with Crippen molar-refractivity contribution in [3.05, 3.63) is 58.6 Å². The number of ether oxygens (including phenoxy) is 1. The number of hydrogen-bond donors (Lipinski definition) is 1. The molecule has 3 rings (SSSR count). The summed E-state index contributed by atoms with van der Waals surface area (Å²) in [4.78, 5) is 12.6. The summed E-state index contributed by atoms with van der Waals surface area (Å²) in [5.74, 6) is 0.0536. The Balaban J connectivity index is 1.61. The van der Waals surface area contributed by atoms with Crippen LogP contribution < -0.4 is 10.1 Å². The molecule has 1 amide bonds. The number of nitrogens with zero attached hydrogens (tertiary/aromatic N) is 1. The molecule has 30 heavy (non-hydrogen) atoms. The first kappa shape index (κ1) is 22.6. The quantitative estimate of drug-likeness (QED) is 0.696. The van der Waals surface area contributed by atoms with E-state index in [0.29, 0.717) is 36.8 Å². The Morgan fingerprint density at radius 1 is 1.17 bits per heavy atom. The van der Waals surface area contributed by atoms with Gasteiger partial charge >= 0.3 is 0 Å². The van der Waals surface area contributed by atoms with E-state index in [1.165, 1.54) is 15.9 Å². The van der Waals surface area contributed by atoms with Crippen LogP contribution in [0.15, 0.2) is 47.4 Å². The highest BCUT2D eigenvalue weighted by molar-refractivity contribution is 7.89. The van der Waals surface area contributed by atoms with Crippen molar-refractivity contribution in [2.45, 2.75) is 38.1 Å². The lowest BCUT2D eigenvalue weighted by Crippen LogP contribution is -2.42. The summed E-state index contributed by atoms with van der Waals surface area (Å²) in [6.07, 6.45) is 0.951. The predicted molar refractivity (Wildman–Crippen MR) is 117 cm³/mol. The lowest BCUT2D eigenvalue weighted by molar-refractivity contribution is -0.126. The molecule has 0 bridgehead atoms. The van der Waals surface area contributed by atoms with Crippen molar-refractivity contribution < 1.29 is 17.9 Å². The van der Waals surface area contributed by atoms with Crippen LogP contribution in [0, 0.1) is 12.8 Å². The number of amides is 1. The van der Waals surface area contributed by atoms with E-state index in [1.807, 2.05) is 31.2 Å². The second-order valence-electron chi connectivity index (χ2n) is 7.41. The molecule has 6 nitrogen and oxygen atoms in total. The molecule has 1 aliphatic rings. The smallest absolute Gasteiger partial charge is 0.246 e. The van der Waals surface area contributed by atoms with Crippen molar-refractivity contribution in [2.24, 2.45) is 5.92 Å². The van der Waals surface area contributed by atoms with Gasteiger partial charge in [0, 0.05) is 30.6 Å². The molecule has 1 saturated heterocycles. The molecule has 2 aromatic carbocycles. The van der Waals surface area contributed by atoms with E-state index in [4.69, 9.17) is 16.3 Å². The average molecular weight is 451 g/mol. The van der Waals surface area contributed by atoms with Crippen molar-refractivity contribution in [1.29, 1.82) is 0 Å². The number of rotatable bonds is 7. The molecule has 8 heteroatoms. The lowest BCUT2D eigenvalue weighted by atomic mass is 9.97. The minimum Gasteiger partial charge on any atom is -0.492 e. The zero-order valence-corrected chi connectivity index (χ0v) is 18.8. The summed E-state index contributed by atoms with van der Waals surface area (Å²) in [6.45, 7) is 5.20. The van der Waals surface area contributed by atoms with E-state index >= 15 is 0 Å². The van der Waals surface area contributed by atoms with Crippen LogP contribution in [-0.2, 0) is 21.4 Å². The minimum absolute atomic E-state index is 0.0367. The molecular formula is C22H27ClN2O4S. The number of carbonyl (C=O) groups is 1. The summed E-state index contributed by atoms with van der Waals surface area (Å²) >= 11 is 6.03. The summed E-state index contributed by atoms with van der Waals surface area (Å²) < 4.78 is 33.2. The van der Waals surface area contributed by atoms with Crippen molar-refractivity contribution in [3.8, 4) is 5.75 Å². The highest BCUT2D eigenvalue weighted by atomic mass is 35.5. The number of nitrogens with one attached hydrogen (secondary N) is 1. The third-order valence-corrected chi connectivity index (χ3v) is 7.39. The van der Waals surface area contributed by atoms with Gasteiger partial charge in [0.05, 0.1) is 6.61 Å². The molecule has 0 saturated carbocycles. The summed E-state index contributed by atoms with van der Waals surface area (Å²) in [7, 11) is -3.75. The van der Waals surface area contributed by atoms with Crippen LogP contribution >= 0.6 is 11.6 Å². The van der Waals surface area contributed by atoms with Crippen LogP contribution in [0.4, 0.5) is 0 Å². The van der Waals surface area contributed by atoms with Crippen molar-refractivity contribution in [1.82, 2.24) is 9.62 Å². The molecule has 162 valence electrons. The number of sulfonamides is 1. The summed E-state index contributed by atoms with van der Waals surface area (Å²) in [6, 6.07) is 12.6. The van der Waals surface area contributed by atoms with Crippen LogP contribution in [0.5, 0.6) is 5.75 Å². The van der Waals surface area contributed by atoms with E-state index in [9.17, 15) is 13.2 Å². The SMILES string of the molecule is CCOc1ccc(Cl)cc1S(=O)(=O)N1CCC(C(=O)NCc2ccc(C)cc2)CC1. The van der Waals surface area contributed by atoms with Gasteiger partial charge in [-0.05, 0) is 50.5 Å². The Morgan fingerprint density at radius 3 is 2.47 bits per heavy atom. The molecule has 0 unspecified atom stereocenters. The molecular weight excluding hydrogens is 424 g/mol. The zero-order chi connectivity index (χ0) is 21.7.